The van der Waals surface area contributed by atoms with Crippen molar-refractivity contribution in [2.45, 2.75) is 26.3 Å². The highest BCUT2D eigenvalue weighted by Crippen LogP contribution is 2.20. The fourth-order valence-electron chi connectivity index (χ4n) is 2.79. The molecule has 0 aliphatic carbocycles. The minimum atomic E-state index is -0.326. The average Bonchev–Trinajstić information content (AvgIpc) is 3.12. The molecule has 2 heterocycles. The quantitative estimate of drug-likeness (QED) is 0.920. The summed E-state index contributed by atoms with van der Waals surface area (Å²) in [6.45, 7) is 6.67. The zero-order valence-corrected chi connectivity index (χ0v) is 14.4. The van der Waals surface area contributed by atoms with E-state index < -0.39 is 0 Å². The van der Waals surface area contributed by atoms with Gasteiger partial charge in [0.25, 0.3) is 0 Å². The number of benzene rings is 1. The number of piperazine rings is 1. The molecular weight excluding hydrogens is 325 g/mol. The van der Waals surface area contributed by atoms with Crippen LogP contribution in [0.2, 0.25) is 0 Å². The number of anilines is 1. The fraction of sp³-hybridized carbons (Fsp3) is 0.471. The van der Waals surface area contributed by atoms with E-state index in [1.165, 1.54) is 12.1 Å². The van der Waals surface area contributed by atoms with Crippen LogP contribution in [0.1, 0.15) is 31.6 Å². The lowest BCUT2D eigenvalue weighted by Crippen LogP contribution is -2.50. The fourth-order valence-corrected chi connectivity index (χ4v) is 2.79. The van der Waals surface area contributed by atoms with Crippen molar-refractivity contribution in [2.75, 3.05) is 31.5 Å². The molecule has 25 heavy (non-hydrogen) atoms. The summed E-state index contributed by atoms with van der Waals surface area (Å²) in [6.07, 6.45) is 0.744. The van der Waals surface area contributed by atoms with Crippen molar-refractivity contribution in [1.29, 1.82) is 0 Å². The zero-order chi connectivity index (χ0) is 17.8. The van der Waals surface area contributed by atoms with E-state index in [9.17, 15) is 9.18 Å². The van der Waals surface area contributed by atoms with Crippen molar-refractivity contribution in [3.8, 4) is 0 Å². The lowest BCUT2D eigenvalue weighted by atomic mass is 10.2. The SMILES string of the molecule is CCc1noc([C@@H](C)N2CCN(C(=O)Nc3ccc(F)cc3)CC2)n1. The van der Waals surface area contributed by atoms with Crippen LogP contribution >= 0.6 is 0 Å². The van der Waals surface area contributed by atoms with Crippen LogP contribution in [0, 0.1) is 5.82 Å². The number of hydrogen-bond donors (Lipinski definition) is 1. The summed E-state index contributed by atoms with van der Waals surface area (Å²) in [4.78, 5) is 20.6. The van der Waals surface area contributed by atoms with E-state index in [1.807, 2.05) is 13.8 Å². The number of carbonyl (C=O) groups excluding carboxylic acids is 1. The summed E-state index contributed by atoms with van der Waals surface area (Å²) in [5, 5.41) is 6.72. The van der Waals surface area contributed by atoms with Gasteiger partial charge in [-0.3, -0.25) is 4.90 Å². The van der Waals surface area contributed by atoms with Crippen LogP contribution in [-0.2, 0) is 6.42 Å². The number of urea groups is 1. The van der Waals surface area contributed by atoms with Gasteiger partial charge < -0.3 is 14.7 Å². The van der Waals surface area contributed by atoms with E-state index in [2.05, 4.69) is 20.4 Å². The van der Waals surface area contributed by atoms with E-state index in [-0.39, 0.29) is 17.9 Å². The molecule has 1 aliphatic heterocycles. The maximum Gasteiger partial charge on any atom is 0.321 e. The van der Waals surface area contributed by atoms with Crippen LogP contribution < -0.4 is 5.32 Å². The Balaban J connectivity index is 1.52. The predicted octanol–water partition coefficient (Wildman–Crippen LogP) is 2.68. The topological polar surface area (TPSA) is 74.5 Å². The predicted molar refractivity (Wildman–Crippen MR) is 90.7 cm³/mol. The molecule has 3 rings (SSSR count). The lowest BCUT2D eigenvalue weighted by Gasteiger charge is -2.36. The van der Waals surface area contributed by atoms with Crippen LogP contribution in [0.15, 0.2) is 28.8 Å². The van der Waals surface area contributed by atoms with Crippen molar-refractivity contribution >= 4 is 11.7 Å². The number of carbonyl (C=O) groups is 1. The molecule has 1 atom stereocenters. The first-order chi connectivity index (χ1) is 12.1. The first-order valence-corrected chi connectivity index (χ1v) is 8.45. The molecule has 1 N–H and O–H groups in total. The van der Waals surface area contributed by atoms with Crippen LogP contribution in [0.25, 0.3) is 0 Å². The Morgan fingerprint density at radius 3 is 2.56 bits per heavy atom. The standard InChI is InChI=1S/C17H22FN5O2/c1-3-15-20-16(25-21-15)12(2)22-8-10-23(11-9-22)17(24)19-14-6-4-13(18)5-7-14/h4-7,12H,3,8-11H2,1-2H3,(H,19,24)/t12-/m1/s1. The van der Waals surface area contributed by atoms with E-state index in [1.54, 1.807) is 17.0 Å². The molecule has 1 saturated heterocycles. The van der Waals surface area contributed by atoms with Crippen LogP contribution in [0.3, 0.4) is 0 Å². The lowest BCUT2D eigenvalue weighted by molar-refractivity contribution is 0.104. The number of aryl methyl sites for hydroxylation is 1. The Morgan fingerprint density at radius 2 is 1.96 bits per heavy atom. The second-order valence-corrected chi connectivity index (χ2v) is 6.04. The molecule has 0 bridgehead atoms. The molecular formula is C17H22FN5O2. The van der Waals surface area contributed by atoms with Gasteiger partial charge in [0, 0.05) is 38.3 Å². The number of nitrogens with zero attached hydrogens (tertiary/aromatic N) is 4. The molecule has 0 radical (unpaired) electrons. The summed E-state index contributed by atoms with van der Waals surface area (Å²) in [6, 6.07) is 5.59. The number of rotatable bonds is 4. The highest BCUT2D eigenvalue weighted by Gasteiger charge is 2.27. The molecule has 1 aromatic carbocycles. The van der Waals surface area contributed by atoms with Gasteiger partial charge in [0.1, 0.15) is 5.82 Å². The number of hydrogen-bond acceptors (Lipinski definition) is 5. The van der Waals surface area contributed by atoms with E-state index in [0.717, 1.165) is 19.5 Å². The van der Waals surface area contributed by atoms with Gasteiger partial charge in [-0.2, -0.15) is 4.98 Å². The monoisotopic (exact) mass is 347 g/mol. The Kier molecular flexibility index (Phi) is 5.28. The molecule has 0 saturated carbocycles. The molecule has 2 amide bonds. The van der Waals surface area contributed by atoms with Gasteiger partial charge in [-0.15, -0.1) is 0 Å². The molecule has 1 aromatic heterocycles. The van der Waals surface area contributed by atoms with Gasteiger partial charge in [0.05, 0.1) is 6.04 Å². The minimum Gasteiger partial charge on any atom is -0.338 e. The minimum absolute atomic E-state index is 0.0232. The smallest absolute Gasteiger partial charge is 0.321 e. The summed E-state index contributed by atoms with van der Waals surface area (Å²) < 4.78 is 18.2. The Bertz CT molecular complexity index is 710. The van der Waals surface area contributed by atoms with Gasteiger partial charge in [-0.1, -0.05) is 12.1 Å². The van der Waals surface area contributed by atoms with Crippen LogP contribution in [0.4, 0.5) is 14.9 Å². The molecule has 2 aromatic rings. The third kappa shape index (κ3) is 4.14. The van der Waals surface area contributed by atoms with Crippen molar-refractivity contribution in [3.63, 3.8) is 0 Å². The molecule has 1 aliphatic rings. The first-order valence-electron chi connectivity index (χ1n) is 8.45. The van der Waals surface area contributed by atoms with E-state index in [4.69, 9.17) is 4.52 Å². The number of nitrogens with one attached hydrogen (secondary N) is 1. The zero-order valence-electron chi connectivity index (χ0n) is 14.4. The molecule has 0 unspecified atom stereocenters. The van der Waals surface area contributed by atoms with Gasteiger partial charge in [-0.25, -0.2) is 9.18 Å². The summed E-state index contributed by atoms with van der Waals surface area (Å²) in [5.74, 6) is 0.994. The van der Waals surface area contributed by atoms with Crippen LogP contribution in [-0.4, -0.2) is 52.2 Å². The van der Waals surface area contributed by atoms with Gasteiger partial charge >= 0.3 is 6.03 Å². The summed E-state index contributed by atoms with van der Waals surface area (Å²) in [7, 11) is 0. The molecule has 134 valence electrons. The van der Waals surface area contributed by atoms with Crippen molar-refractivity contribution in [3.05, 3.63) is 41.8 Å². The Morgan fingerprint density at radius 1 is 1.28 bits per heavy atom. The van der Waals surface area contributed by atoms with Crippen molar-refractivity contribution in [2.24, 2.45) is 0 Å². The molecule has 1 fully saturated rings. The molecule has 0 spiro atoms. The second kappa shape index (κ2) is 7.60. The third-order valence-corrected chi connectivity index (χ3v) is 4.40. The highest BCUT2D eigenvalue weighted by molar-refractivity contribution is 5.89. The highest BCUT2D eigenvalue weighted by atomic mass is 19.1. The van der Waals surface area contributed by atoms with Gasteiger partial charge in [-0.05, 0) is 31.2 Å². The van der Waals surface area contributed by atoms with Gasteiger partial charge in [0.2, 0.25) is 5.89 Å². The Hall–Kier alpha value is -2.48. The number of halogens is 1. The number of aromatic nitrogens is 2. The average molecular weight is 347 g/mol. The number of amides is 2. The maximum absolute atomic E-state index is 12.9. The van der Waals surface area contributed by atoms with E-state index in [0.29, 0.717) is 30.5 Å². The van der Waals surface area contributed by atoms with E-state index >= 15 is 0 Å². The Labute approximate surface area is 145 Å². The maximum atomic E-state index is 12.9. The van der Waals surface area contributed by atoms with Crippen LogP contribution in [0.5, 0.6) is 0 Å². The normalized spacial score (nSPS) is 16.7. The first kappa shape index (κ1) is 17.3. The molecule has 8 heteroatoms. The molecule has 7 nitrogen and oxygen atoms in total. The largest absolute Gasteiger partial charge is 0.338 e. The summed E-state index contributed by atoms with van der Waals surface area (Å²) >= 11 is 0. The van der Waals surface area contributed by atoms with Crippen molar-refractivity contribution in [1.82, 2.24) is 19.9 Å². The second-order valence-electron chi connectivity index (χ2n) is 6.04. The van der Waals surface area contributed by atoms with Crippen molar-refractivity contribution < 1.29 is 13.7 Å². The third-order valence-electron chi connectivity index (χ3n) is 4.40. The van der Waals surface area contributed by atoms with Gasteiger partial charge in [0.15, 0.2) is 5.82 Å². The summed E-state index contributed by atoms with van der Waals surface area (Å²) in [5.41, 5.74) is 0.583.